The van der Waals surface area contributed by atoms with Crippen LogP contribution in [0, 0.1) is 0 Å². The number of ether oxygens (including phenoxy) is 2. The molecule has 0 unspecified atom stereocenters. The second-order valence-electron chi connectivity index (χ2n) is 5.52. The lowest BCUT2D eigenvalue weighted by molar-refractivity contribution is -0.186. The molecule has 23 heavy (non-hydrogen) atoms. The van der Waals surface area contributed by atoms with Crippen molar-refractivity contribution in [2.75, 3.05) is 6.61 Å². The molecule has 3 heterocycles. The Bertz CT molecular complexity index is 849. The van der Waals surface area contributed by atoms with Crippen molar-refractivity contribution in [1.82, 2.24) is 15.2 Å². The van der Waals surface area contributed by atoms with Crippen molar-refractivity contribution in [3.8, 4) is 0 Å². The molecule has 0 amide bonds. The topological polar surface area (TPSA) is 73.2 Å². The molecule has 8 heteroatoms. The normalized spacial score (nSPS) is 24.6. The van der Waals surface area contributed by atoms with Gasteiger partial charge in [0.15, 0.2) is 11.3 Å². The Morgan fingerprint density at radius 2 is 2.22 bits per heavy atom. The molecule has 0 aliphatic carbocycles. The summed E-state index contributed by atoms with van der Waals surface area (Å²) in [5, 5.41) is 8.46. The van der Waals surface area contributed by atoms with Crippen molar-refractivity contribution in [1.29, 1.82) is 0 Å². The molecular formula is C15H13Cl2N3O3. The van der Waals surface area contributed by atoms with E-state index in [-0.39, 0.29) is 6.10 Å². The van der Waals surface area contributed by atoms with Crippen LogP contribution in [0.4, 0.5) is 0 Å². The predicted molar refractivity (Wildman–Crippen MR) is 84.5 cm³/mol. The van der Waals surface area contributed by atoms with Gasteiger partial charge in [0.25, 0.3) is 0 Å². The Morgan fingerprint density at radius 3 is 2.91 bits per heavy atom. The Labute approximate surface area is 141 Å². The van der Waals surface area contributed by atoms with Crippen LogP contribution in [0.2, 0.25) is 10.0 Å². The Hall–Kier alpha value is -1.60. The molecule has 120 valence electrons. The van der Waals surface area contributed by atoms with Crippen LogP contribution in [0.15, 0.2) is 28.9 Å². The van der Waals surface area contributed by atoms with Crippen LogP contribution in [0.3, 0.4) is 0 Å². The quantitative estimate of drug-likeness (QED) is 0.777. The summed E-state index contributed by atoms with van der Waals surface area (Å²) in [4.78, 5) is 4.15. The molecule has 1 aliphatic rings. The van der Waals surface area contributed by atoms with E-state index in [9.17, 15) is 0 Å². The third kappa shape index (κ3) is 2.61. The van der Waals surface area contributed by atoms with Gasteiger partial charge in [0.2, 0.25) is 5.79 Å². The van der Waals surface area contributed by atoms with Gasteiger partial charge in [-0.05, 0) is 25.1 Å². The number of hydrogen-bond acceptors (Lipinski definition) is 5. The molecule has 2 atom stereocenters. The molecule has 2 aromatic heterocycles. The molecular weight excluding hydrogens is 341 g/mol. The van der Waals surface area contributed by atoms with Crippen LogP contribution >= 0.6 is 23.2 Å². The fourth-order valence-corrected chi connectivity index (χ4v) is 3.30. The molecule has 0 radical (unpaired) electrons. The fraction of sp³-hybridized carbons (Fsp3) is 0.333. The first-order chi connectivity index (χ1) is 11.1. The number of aromatic nitrogens is 3. The lowest BCUT2D eigenvalue weighted by atomic mass is 10.1. The molecule has 0 bridgehead atoms. The Morgan fingerprint density at radius 1 is 1.35 bits per heavy atom. The minimum Gasteiger partial charge on any atom is -0.454 e. The maximum absolute atomic E-state index is 6.21. The van der Waals surface area contributed by atoms with Gasteiger partial charge < -0.3 is 13.9 Å². The standard InChI is InChI=1S/C15H13Cl2N3O3/c1-8-6-21-15(23-8,5-13-18-7-19-20-13)12-3-9-2-10(16)4-11(17)14(9)22-12/h2-4,7-8H,5-6H2,1H3,(H,18,19,20)/t8-,15+/m1/s1. The number of fused-ring (bicyclic) bond motifs is 1. The molecule has 1 saturated heterocycles. The van der Waals surface area contributed by atoms with Gasteiger partial charge in [-0.2, -0.15) is 5.10 Å². The average molecular weight is 354 g/mol. The van der Waals surface area contributed by atoms with E-state index < -0.39 is 5.79 Å². The smallest absolute Gasteiger partial charge is 0.236 e. The van der Waals surface area contributed by atoms with Gasteiger partial charge in [-0.25, -0.2) is 4.98 Å². The van der Waals surface area contributed by atoms with E-state index in [1.54, 1.807) is 12.1 Å². The van der Waals surface area contributed by atoms with Crippen molar-refractivity contribution < 1.29 is 13.9 Å². The largest absolute Gasteiger partial charge is 0.454 e. The number of halogens is 2. The monoisotopic (exact) mass is 353 g/mol. The highest BCUT2D eigenvalue weighted by atomic mass is 35.5. The van der Waals surface area contributed by atoms with E-state index in [1.165, 1.54) is 6.33 Å². The van der Waals surface area contributed by atoms with E-state index >= 15 is 0 Å². The average Bonchev–Trinajstić information content (AvgIpc) is 3.19. The van der Waals surface area contributed by atoms with Crippen LogP contribution in [0.25, 0.3) is 11.0 Å². The fourth-order valence-electron chi connectivity index (χ4n) is 2.75. The molecule has 0 spiro atoms. The zero-order valence-electron chi connectivity index (χ0n) is 12.2. The van der Waals surface area contributed by atoms with Gasteiger partial charge in [0.05, 0.1) is 24.2 Å². The van der Waals surface area contributed by atoms with Crippen LogP contribution in [-0.2, 0) is 21.7 Å². The van der Waals surface area contributed by atoms with Crippen LogP contribution in [0.5, 0.6) is 0 Å². The summed E-state index contributed by atoms with van der Waals surface area (Å²) in [5.74, 6) is 0.106. The molecule has 0 saturated carbocycles. The van der Waals surface area contributed by atoms with Crippen LogP contribution in [-0.4, -0.2) is 27.9 Å². The third-order valence-electron chi connectivity index (χ3n) is 3.72. The molecule has 1 fully saturated rings. The molecule has 3 aromatic rings. The zero-order chi connectivity index (χ0) is 16.0. The highest BCUT2D eigenvalue weighted by molar-refractivity contribution is 6.38. The summed E-state index contributed by atoms with van der Waals surface area (Å²) >= 11 is 12.3. The van der Waals surface area contributed by atoms with E-state index in [4.69, 9.17) is 37.1 Å². The molecule has 1 N–H and O–H groups in total. The van der Waals surface area contributed by atoms with E-state index in [1.807, 2.05) is 13.0 Å². The van der Waals surface area contributed by atoms with Gasteiger partial charge >= 0.3 is 0 Å². The van der Waals surface area contributed by atoms with Crippen molar-refractivity contribution >= 4 is 34.2 Å². The molecule has 1 aromatic carbocycles. The van der Waals surface area contributed by atoms with Gasteiger partial charge in [0, 0.05) is 10.4 Å². The number of aromatic amines is 1. The summed E-state index contributed by atoms with van der Waals surface area (Å²) in [6, 6.07) is 5.26. The third-order valence-corrected chi connectivity index (χ3v) is 4.22. The number of nitrogens with one attached hydrogen (secondary N) is 1. The van der Waals surface area contributed by atoms with Crippen molar-refractivity contribution in [2.45, 2.75) is 25.2 Å². The van der Waals surface area contributed by atoms with E-state index in [0.717, 1.165) is 5.39 Å². The van der Waals surface area contributed by atoms with Gasteiger partial charge in [-0.15, -0.1) is 0 Å². The molecule has 4 rings (SSSR count). The Kier molecular flexibility index (Phi) is 3.57. The number of benzene rings is 1. The summed E-state index contributed by atoms with van der Waals surface area (Å²) < 4.78 is 17.9. The number of rotatable bonds is 3. The minimum absolute atomic E-state index is 0.0646. The maximum atomic E-state index is 6.21. The maximum Gasteiger partial charge on any atom is 0.236 e. The van der Waals surface area contributed by atoms with Crippen LogP contribution < -0.4 is 0 Å². The lowest BCUT2D eigenvalue weighted by Gasteiger charge is -2.24. The highest BCUT2D eigenvalue weighted by Crippen LogP contribution is 2.41. The molecule has 6 nitrogen and oxygen atoms in total. The lowest BCUT2D eigenvalue weighted by Crippen LogP contribution is -2.30. The minimum atomic E-state index is -1.06. The second kappa shape index (κ2) is 5.49. The van der Waals surface area contributed by atoms with E-state index in [2.05, 4.69) is 15.2 Å². The van der Waals surface area contributed by atoms with Gasteiger partial charge in [-0.1, -0.05) is 23.2 Å². The summed E-state index contributed by atoms with van der Waals surface area (Å²) in [6.45, 7) is 2.40. The van der Waals surface area contributed by atoms with Gasteiger partial charge in [-0.3, -0.25) is 5.10 Å². The number of nitrogens with zero attached hydrogens (tertiary/aromatic N) is 2. The summed E-state index contributed by atoms with van der Waals surface area (Å²) in [7, 11) is 0. The predicted octanol–water partition coefficient (Wildman–Crippen LogP) is 3.69. The first-order valence-corrected chi connectivity index (χ1v) is 7.86. The summed E-state index contributed by atoms with van der Waals surface area (Å²) in [5.41, 5.74) is 0.551. The van der Waals surface area contributed by atoms with Crippen molar-refractivity contribution in [3.05, 3.63) is 46.2 Å². The zero-order valence-corrected chi connectivity index (χ0v) is 13.7. The van der Waals surface area contributed by atoms with Crippen molar-refractivity contribution in [2.24, 2.45) is 0 Å². The number of furan rings is 1. The Balaban J connectivity index is 1.82. The highest BCUT2D eigenvalue weighted by Gasteiger charge is 2.45. The first-order valence-electron chi connectivity index (χ1n) is 7.11. The molecule has 1 aliphatic heterocycles. The summed E-state index contributed by atoms with van der Waals surface area (Å²) in [6.07, 6.45) is 1.73. The van der Waals surface area contributed by atoms with E-state index in [0.29, 0.717) is 40.2 Å². The van der Waals surface area contributed by atoms with Crippen LogP contribution in [0.1, 0.15) is 18.5 Å². The number of H-pyrrole nitrogens is 1. The second-order valence-corrected chi connectivity index (χ2v) is 6.36. The SMILES string of the molecule is C[C@@H]1CO[C@](Cc2ncn[nH]2)(c2cc3cc(Cl)cc(Cl)c3o2)O1. The first kappa shape index (κ1) is 15.0. The van der Waals surface area contributed by atoms with Gasteiger partial charge in [0.1, 0.15) is 12.2 Å². The number of hydrogen-bond donors (Lipinski definition) is 1. The van der Waals surface area contributed by atoms with Crippen molar-refractivity contribution in [3.63, 3.8) is 0 Å².